The normalized spacial score (nSPS) is 17.0. The van der Waals surface area contributed by atoms with E-state index >= 15 is 0 Å². The Hall–Kier alpha value is -1.92. The fraction of sp³-hybridized carbons (Fsp3) is 0.474. The number of nitrogens with one attached hydrogen (secondary N) is 2. The summed E-state index contributed by atoms with van der Waals surface area (Å²) in [7, 11) is 1.81. The average Bonchev–Trinajstić information content (AvgIpc) is 3.08. The van der Waals surface area contributed by atoms with Crippen molar-refractivity contribution in [3.63, 3.8) is 0 Å². The van der Waals surface area contributed by atoms with E-state index in [1.165, 1.54) is 5.56 Å². The van der Waals surface area contributed by atoms with Crippen molar-refractivity contribution in [2.45, 2.75) is 39.3 Å². The van der Waals surface area contributed by atoms with Crippen molar-refractivity contribution in [1.29, 1.82) is 0 Å². The second-order valence-corrected chi connectivity index (χ2v) is 7.13. The molecule has 1 fully saturated rings. The number of fused-ring (bicyclic) bond motifs is 1. The second-order valence-electron chi connectivity index (χ2n) is 6.74. The van der Waals surface area contributed by atoms with Gasteiger partial charge in [-0.2, -0.15) is 0 Å². The number of aryl methyl sites for hydroxylation is 2. The van der Waals surface area contributed by atoms with Crippen LogP contribution in [0.25, 0.3) is 10.9 Å². The average molecular weight is 359 g/mol. The van der Waals surface area contributed by atoms with Gasteiger partial charge in [0.15, 0.2) is 5.11 Å². The summed E-state index contributed by atoms with van der Waals surface area (Å²) in [6.07, 6.45) is 2.30. The molecule has 0 bridgehead atoms. The number of hydrogen-bond donors (Lipinski definition) is 2. The van der Waals surface area contributed by atoms with Crippen molar-refractivity contribution in [2.24, 2.45) is 0 Å². The highest BCUT2D eigenvalue weighted by atomic mass is 32.1. The van der Waals surface area contributed by atoms with Gasteiger partial charge in [0.2, 0.25) is 0 Å². The van der Waals surface area contributed by atoms with Gasteiger partial charge in [0.05, 0.1) is 18.2 Å². The summed E-state index contributed by atoms with van der Waals surface area (Å²) in [6, 6.07) is 6.16. The molecule has 1 aliphatic rings. The lowest BCUT2D eigenvalue weighted by atomic mass is 10.1. The number of benzene rings is 1. The maximum absolute atomic E-state index is 12.6. The zero-order chi connectivity index (χ0) is 18.0. The van der Waals surface area contributed by atoms with Crippen molar-refractivity contribution in [3.05, 3.63) is 45.2 Å². The molecule has 0 saturated carbocycles. The molecule has 3 rings (SSSR count). The molecule has 2 aromatic rings. The number of aromatic amines is 1. The second kappa shape index (κ2) is 7.54. The third-order valence-corrected chi connectivity index (χ3v) is 5.14. The van der Waals surface area contributed by atoms with Crippen LogP contribution < -0.4 is 10.9 Å². The quantitative estimate of drug-likeness (QED) is 0.822. The summed E-state index contributed by atoms with van der Waals surface area (Å²) in [5.41, 5.74) is 3.83. The van der Waals surface area contributed by atoms with Gasteiger partial charge in [-0.1, -0.05) is 11.6 Å². The van der Waals surface area contributed by atoms with E-state index in [-0.39, 0.29) is 11.7 Å². The molecule has 1 unspecified atom stereocenters. The monoisotopic (exact) mass is 359 g/mol. The topological polar surface area (TPSA) is 57.4 Å². The standard InChI is InChI=1S/C19H25N3O2S/c1-12-7-13(2)17-14(8-12)9-15(18(23)21-17)10-22(19(25)20-3)11-16-5-4-6-24-16/h7-9,16H,4-6,10-11H2,1-3H3,(H,20,25)(H,21,23). The molecule has 1 saturated heterocycles. The third-order valence-electron chi connectivity index (χ3n) is 4.68. The Bertz CT molecular complexity index is 840. The summed E-state index contributed by atoms with van der Waals surface area (Å²) in [4.78, 5) is 17.6. The Labute approximate surface area is 153 Å². The number of thiocarbonyl (C=S) groups is 1. The molecule has 25 heavy (non-hydrogen) atoms. The number of rotatable bonds is 4. The molecular weight excluding hydrogens is 334 g/mol. The zero-order valence-corrected chi connectivity index (χ0v) is 15.8. The molecule has 1 atom stereocenters. The molecule has 1 aromatic carbocycles. The van der Waals surface area contributed by atoms with E-state index in [1.54, 1.807) is 0 Å². The molecule has 6 heteroatoms. The number of ether oxygens (including phenoxy) is 1. The Kier molecular flexibility index (Phi) is 5.39. The van der Waals surface area contributed by atoms with Crippen LogP contribution in [0.2, 0.25) is 0 Å². The number of H-pyrrole nitrogens is 1. The SMILES string of the molecule is CNC(=S)N(Cc1cc2cc(C)cc(C)c2[nH]c1=O)CC1CCCO1. The van der Waals surface area contributed by atoms with Crippen LogP contribution in [0.3, 0.4) is 0 Å². The van der Waals surface area contributed by atoms with Crippen LogP contribution >= 0.6 is 12.2 Å². The molecule has 0 amide bonds. The van der Waals surface area contributed by atoms with Crippen molar-refractivity contribution in [1.82, 2.24) is 15.2 Å². The lowest BCUT2D eigenvalue weighted by Gasteiger charge is -2.27. The van der Waals surface area contributed by atoms with Crippen LogP contribution in [0, 0.1) is 13.8 Å². The van der Waals surface area contributed by atoms with E-state index in [0.29, 0.717) is 23.8 Å². The van der Waals surface area contributed by atoms with Gasteiger partial charge in [-0.3, -0.25) is 4.79 Å². The number of aromatic nitrogens is 1. The van der Waals surface area contributed by atoms with Crippen molar-refractivity contribution < 1.29 is 4.74 Å². The van der Waals surface area contributed by atoms with Gasteiger partial charge in [-0.05, 0) is 62.0 Å². The highest BCUT2D eigenvalue weighted by Gasteiger charge is 2.21. The van der Waals surface area contributed by atoms with E-state index in [0.717, 1.165) is 35.9 Å². The molecule has 2 heterocycles. The van der Waals surface area contributed by atoms with Crippen LogP contribution in [0.4, 0.5) is 0 Å². The van der Waals surface area contributed by atoms with Gasteiger partial charge in [0.25, 0.3) is 5.56 Å². The molecule has 0 aliphatic carbocycles. The van der Waals surface area contributed by atoms with Crippen LogP contribution in [0.15, 0.2) is 23.0 Å². The Balaban J connectivity index is 1.91. The summed E-state index contributed by atoms with van der Waals surface area (Å²) >= 11 is 5.44. The van der Waals surface area contributed by atoms with Crippen LogP contribution in [-0.4, -0.2) is 41.3 Å². The molecule has 2 N–H and O–H groups in total. The summed E-state index contributed by atoms with van der Waals surface area (Å²) in [5.74, 6) is 0. The lowest BCUT2D eigenvalue weighted by Crippen LogP contribution is -2.42. The first-order chi connectivity index (χ1) is 12.0. The van der Waals surface area contributed by atoms with Gasteiger partial charge in [-0.25, -0.2) is 0 Å². The van der Waals surface area contributed by atoms with Gasteiger partial charge >= 0.3 is 0 Å². The summed E-state index contributed by atoms with van der Waals surface area (Å²) in [6.45, 7) is 6.06. The summed E-state index contributed by atoms with van der Waals surface area (Å²) in [5, 5.41) is 4.71. The first-order valence-corrected chi connectivity index (χ1v) is 9.10. The largest absolute Gasteiger partial charge is 0.376 e. The fourth-order valence-corrected chi connectivity index (χ4v) is 3.61. The van der Waals surface area contributed by atoms with Crippen LogP contribution in [-0.2, 0) is 11.3 Å². The van der Waals surface area contributed by atoms with E-state index in [1.807, 2.05) is 24.9 Å². The Morgan fingerprint density at radius 1 is 1.40 bits per heavy atom. The van der Waals surface area contributed by atoms with Crippen molar-refractivity contribution in [2.75, 3.05) is 20.2 Å². The smallest absolute Gasteiger partial charge is 0.253 e. The van der Waals surface area contributed by atoms with Crippen LogP contribution in [0.5, 0.6) is 0 Å². The maximum Gasteiger partial charge on any atom is 0.253 e. The number of pyridine rings is 1. The lowest BCUT2D eigenvalue weighted by molar-refractivity contribution is 0.0898. The Morgan fingerprint density at radius 3 is 2.88 bits per heavy atom. The van der Waals surface area contributed by atoms with Gasteiger partial charge < -0.3 is 19.9 Å². The highest BCUT2D eigenvalue weighted by molar-refractivity contribution is 7.80. The minimum atomic E-state index is -0.0595. The van der Waals surface area contributed by atoms with Crippen molar-refractivity contribution in [3.8, 4) is 0 Å². The first-order valence-electron chi connectivity index (χ1n) is 8.69. The highest BCUT2D eigenvalue weighted by Crippen LogP contribution is 2.19. The van der Waals surface area contributed by atoms with E-state index in [2.05, 4.69) is 29.4 Å². The molecule has 134 valence electrons. The van der Waals surface area contributed by atoms with E-state index in [4.69, 9.17) is 17.0 Å². The minimum absolute atomic E-state index is 0.0595. The van der Waals surface area contributed by atoms with Gasteiger partial charge in [0, 0.05) is 25.8 Å². The number of hydrogen-bond acceptors (Lipinski definition) is 3. The third kappa shape index (κ3) is 4.02. The molecule has 0 radical (unpaired) electrons. The molecule has 1 aliphatic heterocycles. The molecular formula is C19H25N3O2S. The first kappa shape index (κ1) is 17.9. The minimum Gasteiger partial charge on any atom is -0.376 e. The van der Waals surface area contributed by atoms with Crippen LogP contribution in [0.1, 0.15) is 29.5 Å². The molecule has 5 nitrogen and oxygen atoms in total. The predicted octanol–water partition coefficient (Wildman–Crippen LogP) is 2.63. The van der Waals surface area contributed by atoms with Gasteiger partial charge in [-0.15, -0.1) is 0 Å². The predicted molar refractivity (Wildman–Crippen MR) is 105 cm³/mol. The zero-order valence-electron chi connectivity index (χ0n) is 15.0. The molecule has 1 aromatic heterocycles. The Morgan fingerprint density at radius 2 is 2.20 bits per heavy atom. The summed E-state index contributed by atoms with van der Waals surface area (Å²) < 4.78 is 5.73. The van der Waals surface area contributed by atoms with Crippen molar-refractivity contribution >= 4 is 28.2 Å². The van der Waals surface area contributed by atoms with Gasteiger partial charge in [0.1, 0.15) is 0 Å². The number of nitrogens with zero attached hydrogens (tertiary/aromatic N) is 1. The fourth-order valence-electron chi connectivity index (χ4n) is 3.47. The van der Waals surface area contributed by atoms with E-state index < -0.39 is 0 Å². The molecule has 0 spiro atoms. The maximum atomic E-state index is 12.6. The van der Waals surface area contributed by atoms with E-state index in [9.17, 15) is 4.79 Å².